The molecule has 1 unspecified atom stereocenters. The Labute approximate surface area is 112 Å². The molecule has 0 radical (unpaired) electrons. The van der Waals surface area contributed by atoms with Gasteiger partial charge in [-0.1, -0.05) is 48.5 Å². The number of fused-ring (bicyclic) bond motifs is 1. The zero-order valence-electron chi connectivity index (χ0n) is 10.9. The molecule has 19 heavy (non-hydrogen) atoms. The van der Waals surface area contributed by atoms with Crippen molar-refractivity contribution in [1.82, 2.24) is 4.98 Å². The summed E-state index contributed by atoms with van der Waals surface area (Å²) in [6.07, 6.45) is 0. The van der Waals surface area contributed by atoms with Crippen LogP contribution >= 0.6 is 0 Å². The minimum absolute atomic E-state index is 0.00414. The Bertz CT molecular complexity index is 717. The van der Waals surface area contributed by atoms with Crippen molar-refractivity contribution in [2.24, 2.45) is 5.73 Å². The first-order valence-corrected chi connectivity index (χ1v) is 6.46. The lowest BCUT2D eigenvalue weighted by Crippen LogP contribution is -2.06. The van der Waals surface area contributed by atoms with Crippen molar-refractivity contribution in [2.45, 2.75) is 13.0 Å². The second-order valence-corrected chi connectivity index (χ2v) is 4.77. The number of para-hydroxylation sites is 1. The van der Waals surface area contributed by atoms with E-state index < -0.39 is 0 Å². The first-order valence-electron chi connectivity index (χ1n) is 6.46. The molecule has 1 heterocycles. The molecule has 0 saturated carbocycles. The first-order chi connectivity index (χ1) is 9.25. The van der Waals surface area contributed by atoms with Gasteiger partial charge in [-0.2, -0.15) is 0 Å². The number of nitrogens with two attached hydrogens (primary N) is 1. The van der Waals surface area contributed by atoms with E-state index >= 15 is 0 Å². The standard InChI is InChI=1S/C17H16N2/c1-12(18)14-7-3-4-8-15(14)17-11-10-13-6-2-5-9-16(13)19-17/h2-12H,18H2,1H3. The third-order valence-corrected chi connectivity index (χ3v) is 3.33. The molecule has 1 aromatic heterocycles. The summed E-state index contributed by atoms with van der Waals surface area (Å²) in [7, 11) is 0. The van der Waals surface area contributed by atoms with E-state index in [1.165, 1.54) is 0 Å². The molecule has 0 fully saturated rings. The highest BCUT2D eigenvalue weighted by molar-refractivity contribution is 5.81. The Morgan fingerprint density at radius 2 is 1.63 bits per heavy atom. The molecular weight excluding hydrogens is 232 g/mol. The number of pyridine rings is 1. The van der Waals surface area contributed by atoms with Gasteiger partial charge >= 0.3 is 0 Å². The Kier molecular flexibility index (Phi) is 3.02. The summed E-state index contributed by atoms with van der Waals surface area (Å²) in [6.45, 7) is 2.00. The van der Waals surface area contributed by atoms with E-state index in [0.717, 1.165) is 27.7 Å². The van der Waals surface area contributed by atoms with Gasteiger partial charge in [0.15, 0.2) is 0 Å². The molecule has 0 bridgehead atoms. The molecule has 0 aliphatic heterocycles. The summed E-state index contributed by atoms with van der Waals surface area (Å²) >= 11 is 0. The van der Waals surface area contributed by atoms with Crippen molar-refractivity contribution in [3.05, 3.63) is 66.2 Å². The van der Waals surface area contributed by atoms with Crippen LogP contribution in [0.3, 0.4) is 0 Å². The highest BCUT2D eigenvalue weighted by atomic mass is 14.7. The fraction of sp³-hybridized carbons (Fsp3) is 0.118. The van der Waals surface area contributed by atoms with Crippen LogP contribution in [0, 0.1) is 0 Å². The van der Waals surface area contributed by atoms with E-state index in [9.17, 15) is 0 Å². The smallest absolute Gasteiger partial charge is 0.0713 e. The van der Waals surface area contributed by atoms with Crippen LogP contribution in [0.2, 0.25) is 0 Å². The Balaban J connectivity index is 2.19. The summed E-state index contributed by atoms with van der Waals surface area (Å²) in [5, 5.41) is 1.16. The van der Waals surface area contributed by atoms with E-state index in [2.05, 4.69) is 30.3 Å². The summed E-state index contributed by atoms with van der Waals surface area (Å²) < 4.78 is 0. The number of hydrogen-bond donors (Lipinski definition) is 1. The van der Waals surface area contributed by atoms with E-state index in [-0.39, 0.29) is 6.04 Å². The lowest BCUT2D eigenvalue weighted by Gasteiger charge is -2.12. The Morgan fingerprint density at radius 1 is 0.895 bits per heavy atom. The Morgan fingerprint density at radius 3 is 2.47 bits per heavy atom. The minimum Gasteiger partial charge on any atom is -0.324 e. The van der Waals surface area contributed by atoms with Crippen molar-refractivity contribution in [1.29, 1.82) is 0 Å². The number of benzene rings is 2. The normalized spacial score (nSPS) is 12.5. The van der Waals surface area contributed by atoms with Gasteiger partial charge in [0.2, 0.25) is 0 Å². The molecule has 94 valence electrons. The maximum atomic E-state index is 6.04. The molecule has 2 N–H and O–H groups in total. The zero-order chi connectivity index (χ0) is 13.2. The van der Waals surface area contributed by atoms with Gasteiger partial charge in [0, 0.05) is 17.0 Å². The molecule has 3 aromatic rings. The van der Waals surface area contributed by atoms with Crippen molar-refractivity contribution < 1.29 is 0 Å². The van der Waals surface area contributed by atoms with Crippen LogP contribution in [0.1, 0.15) is 18.5 Å². The summed E-state index contributed by atoms with van der Waals surface area (Å²) in [6, 6.07) is 20.5. The fourth-order valence-corrected chi connectivity index (χ4v) is 2.34. The molecule has 1 atom stereocenters. The van der Waals surface area contributed by atoms with Gasteiger partial charge in [0.05, 0.1) is 11.2 Å². The average molecular weight is 248 g/mol. The minimum atomic E-state index is 0.00414. The molecule has 3 rings (SSSR count). The van der Waals surface area contributed by atoms with Crippen molar-refractivity contribution in [3.8, 4) is 11.3 Å². The van der Waals surface area contributed by atoms with E-state index in [1.807, 2.05) is 37.3 Å². The van der Waals surface area contributed by atoms with Gasteiger partial charge < -0.3 is 5.73 Å². The second-order valence-electron chi connectivity index (χ2n) is 4.77. The molecule has 0 aliphatic rings. The molecule has 0 aliphatic carbocycles. The highest BCUT2D eigenvalue weighted by Gasteiger charge is 2.09. The maximum Gasteiger partial charge on any atom is 0.0713 e. The zero-order valence-corrected chi connectivity index (χ0v) is 10.9. The lowest BCUT2D eigenvalue weighted by atomic mass is 9.99. The number of aromatic nitrogens is 1. The number of rotatable bonds is 2. The van der Waals surface area contributed by atoms with Gasteiger partial charge in [-0.3, -0.25) is 0 Å². The van der Waals surface area contributed by atoms with Gasteiger partial charge in [0.1, 0.15) is 0 Å². The van der Waals surface area contributed by atoms with Crippen molar-refractivity contribution in [2.75, 3.05) is 0 Å². The van der Waals surface area contributed by atoms with Crippen LogP contribution in [0.5, 0.6) is 0 Å². The molecule has 2 heteroatoms. The van der Waals surface area contributed by atoms with E-state index in [0.29, 0.717) is 0 Å². The monoisotopic (exact) mass is 248 g/mol. The lowest BCUT2D eigenvalue weighted by molar-refractivity contribution is 0.820. The topological polar surface area (TPSA) is 38.9 Å². The van der Waals surface area contributed by atoms with Gasteiger partial charge in [-0.15, -0.1) is 0 Å². The summed E-state index contributed by atoms with van der Waals surface area (Å²) in [5.74, 6) is 0. The van der Waals surface area contributed by atoms with Crippen LogP contribution in [-0.2, 0) is 0 Å². The average Bonchev–Trinajstić information content (AvgIpc) is 2.46. The predicted molar refractivity (Wildman–Crippen MR) is 79.8 cm³/mol. The van der Waals surface area contributed by atoms with Crippen LogP contribution < -0.4 is 5.73 Å². The quantitative estimate of drug-likeness (QED) is 0.746. The van der Waals surface area contributed by atoms with Crippen LogP contribution in [0.25, 0.3) is 22.2 Å². The molecule has 2 nitrogen and oxygen atoms in total. The molecule has 0 saturated heterocycles. The van der Waals surface area contributed by atoms with Crippen LogP contribution in [0.4, 0.5) is 0 Å². The third-order valence-electron chi connectivity index (χ3n) is 3.33. The van der Waals surface area contributed by atoms with Crippen LogP contribution in [0.15, 0.2) is 60.7 Å². The maximum absolute atomic E-state index is 6.04. The van der Waals surface area contributed by atoms with Crippen molar-refractivity contribution >= 4 is 10.9 Å². The van der Waals surface area contributed by atoms with E-state index in [4.69, 9.17) is 10.7 Å². The van der Waals surface area contributed by atoms with E-state index in [1.54, 1.807) is 0 Å². The SMILES string of the molecule is CC(N)c1ccccc1-c1ccc2ccccc2n1. The largest absolute Gasteiger partial charge is 0.324 e. The van der Waals surface area contributed by atoms with Crippen molar-refractivity contribution in [3.63, 3.8) is 0 Å². The van der Waals surface area contributed by atoms with Gasteiger partial charge in [-0.25, -0.2) is 4.98 Å². The van der Waals surface area contributed by atoms with Gasteiger partial charge in [0.25, 0.3) is 0 Å². The summed E-state index contributed by atoms with van der Waals surface area (Å²) in [4.78, 5) is 4.73. The molecule has 0 amide bonds. The third kappa shape index (κ3) is 2.23. The van der Waals surface area contributed by atoms with Gasteiger partial charge in [-0.05, 0) is 24.6 Å². The van der Waals surface area contributed by atoms with Crippen LogP contribution in [-0.4, -0.2) is 4.98 Å². The molecular formula is C17H16N2. The second kappa shape index (κ2) is 4.82. The number of nitrogens with zero attached hydrogens (tertiary/aromatic N) is 1. The Hall–Kier alpha value is -2.19. The summed E-state index contributed by atoms with van der Waals surface area (Å²) in [5.41, 5.74) is 10.3. The highest BCUT2D eigenvalue weighted by Crippen LogP contribution is 2.27. The fourth-order valence-electron chi connectivity index (χ4n) is 2.34. The number of hydrogen-bond acceptors (Lipinski definition) is 2. The predicted octanol–water partition coefficient (Wildman–Crippen LogP) is 3.92. The molecule has 2 aromatic carbocycles. The first kappa shape index (κ1) is 11.9. The molecule has 0 spiro atoms.